The van der Waals surface area contributed by atoms with Crippen LogP contribution < -0.4 is 5.06 Å². The Kier molecular flexibility index (Phi) is 7.05. The van der Waals surface area contributed by atoms with Gasteiger partial charge in [-0.05, 0) is 24.6 Å². The molecule has 33 heavy (non-hydrogen) atoms. The highest BCUT2D eigenvalue weighted by Crippen LogP contribution is 2.65. The zero-order chi connectivity index (χ0) is 23.8. The van der Waals surface area contributed by atoms with Gasteiger partial charge in [-0.15, -0.1) is 0 Å². The van der Waals surface area contributed by atoms with E-state index in [2.05, 4.69) is 11.0 Å². The summed E-state index contributed by atoms with van der Waals surface area (Å²) < 4.78 is 22.0. The minimum Gasteiger partial charge on any atom is -0.359 e. The molecular formula is C24H33N3O6. The fourth-order valence-electron chi connectivity index (χ4n) is 6.68. The lowest BCUT2D eigenvalue weighted by Crippen LogP contribution is -2.47. The molecule has 2 aliphatic heterocycles. The number of hydrogen-bond acceptors (Lipinski definition) is 8. The van der Waals surface area contributed by atoms with Crippen LogP contribution in [-0.4, -0.2) is 78.6 Å². The summed E-state index contributed by atoms with van der Waals surface area (Å²) >= 11 is 0. The summed E-state index contributed by atoms with van der Waals surface area (Å²) in [4.78, 5) is 21.3. The molecule has 2 heterocycles. The van der Waals surface area contributed by atoms with Crippen LogP contribution in [0.4, 0.5) is 5.69 Å². The van der Waals surface area contributed by atoms with E-state index in [0.29, 0.717) is 19.6 Å². The van der Waals surface area contributed by atoms with Gasteiger partial charge >= 0.3 is 0 Å². The number of methoxy groups -OCH3 is 3. The van der Waals surface area contributed by atoms with Crippen LogP contribution in [-0.2, 0) is 28.6 Å². The zero-order valence-corrected chi connectivity index (χ0v) is 19.9. The van der Waals surface area contributed by atoms with Crippen molar-refractivity contribution in [2.24, 2.45) is 23.2 Å². The Balaban J connectivity index is 1.80. The van der Waals surface area contributed by atoms with Crippen molar-refractivity contribution in [3.63, 3.8) is 0 Å². The van der Waals surface area contributed by atoms with Crippen LogP contribution in [0.2, 0.25) is 0 Å². The number of carbonyl (C=O) groups excluding carboxylic acids is 1. The molecule has 4 unspecified atom stereocenters. The van der Waals surface area contributed by atoms with Crippen molar-refractivity contribution in [3.05, 3.63) is 29.8 Å². The topological polar surface area (TPSA) is 93.5 Å². The zero-order valence-electron chi connectivity index (χ0n) is 19.9. The Hall–Kier alpha value is -2.06. The number of rotatable bonds is 10. The van der Waals surface area contributed by atoms with Crippen molar-refractivity contribution in [2.75, 3.05) is 60.5 Å². The van der Waals surface area contributed by atoms with Gasteiger partial charge in [0.25, 0.3) is 5.91 Å². The number of piperidine rings is 1. The third-order valence-corrected chi connectivity index (χ3v) is 7.79. The van der Waals surface area contributed by atoms with E-state index in [1.165, 1.54) is 12.2 Å². The maximum Gasteiger partial charge on any atom is 0.258 e. The summed E-state index contributed by atoms with van der Waals surface area (Å²) in [7, 11) is 8.32. The van der Waals surface area contributed by atoms with E-state index in [-0.39, 0.29) is 36.5 Å². The first-order valence-electron chi connectivity index (χ1n) is 11.2. The Morgan fingerprint density at radius 2 is 1.94 bits per heavy atom. The van der Waals surface area contributed by atoms with Gasteiger partial charge in [-0.2, -0.15) is 10.3 Å². The predicted molar refractivity (Wildman–Crippen MR) is 119 cm³/mol. The molecule has 1 aromatic carbocycles. The van der Waals surface area contributed by atoms with E-state index < -0.39 is 17.6 Å². The molecule has 0 radical (unpaired) electrons. The molecule has 2 bridgehead atoms. The molecule has 0 N–H and O–H groups in total. The molecule has 9 heteroatoms. The fourth-order valence-corrected chi connectivity index (χ4v) is 6.68. The van der Waals surface area contributed by atoms with E-state index >= 15 is 0 Å². The van der Waals surface area contributed by atoms with E-state index in [9.17, 15) is 10.1 Å². The van der Waals surface area contributed by atoms with Gasteiger partial charge in [0.2, 0.25) is 0 Å². The quantitative estimate of drug-likeness (QED) is 0.387. The molecule has 1 aromatic rings. The monoisotopic (exact) mass is 459 g/mol. The number of nitrogens with zero attached hydrogens (tertiary/aromatic N) is 3. The molecule has 1 saturated carbocycles. The second-order valence-corrected chi connectivity index (χ2v) is 9.12. The molecule has 9 nitrogen and oxygen atoms in total. The summed E-state index contributed by atoms with van der Waals surface area (Å²) in [6.45, 7) is 1.16. The third-order valence-electron chi connectivity index (χ3n) is 7.79. The van der Waals surface area contributed by atoms with Gasteiger partial charge in [-0.3, -0.25) is 9.63 Å². The largest absolute Gasteiger partial charge is 0.359 e. The number of carbonyl (C=O) groups is 1. The summed E-state index contributed by atoms with van der Waals surface area (Å²) in [6, 6.07) is 10.3. The van der Waals surface area contributed by atoms with Crippen LogP contribution in [0.1, 0.15) is 17.9 Å². The lowest BCUT2D eigenvalue weighted by atomic mass is 9.66. The highest BCUT2D eigenvalue weighted by atomic mass is 16.7. The minimum absolute atomic E-state index is 0.00732. The van der Waals surface area contributed by atoms with Crippen LogP contribution in [0.15, 0.2) is 24.3 Å². The maximum absolute atomic E-state index is 13.6. The number of hydroxylamine groups is 1. The summed E-state index contributed by atoms with van der Waals surface area (Å²) in [6.07, 6.45) is 0.0939. The van der Waals surface area contributed by atoms with E-state index in [1.54, 1.807) is 21.3 Å². The highest BCUT2D eigenvalue weighted by molar-refractivity contribution is 6.03. The standard InChI is InChI=1S/C24H33N3O6/c1-26-13-24(12-25)17(10-19(30-3)31-4)16(11-33-14-29-2)22(26)21(24)20-15-8-6-7-9-18(15)27(32-5)23(20)28/h6-9,16-17,19-22H,10-11,13-14H2,1-5H3/t16?,17?,20-,21+,22?,24?/m0/s1. The SMILES string of the molecule is COCOCC1C2[C@@H]([C@H]3C(=O)N(OC)c4ccccc43)C(C#N)(CN2C)C1CC(OC)OC. The van der Waals surface area contributed by atoms with Gasteiger partial charge in [0.15, 0.2) is 6.29 Å². The third kappa shape index (κ3) is 3.66. The molecule has 3 aliphatic rings. The lowest BCUT2D eigenvalue weighted by molar-refractivity contribution is -0.132. The van der Waals surface area contributed by atoms with Crippen molar-refractivity contribution in [3.8, 4) is 6.07 Å². The Morgan fingerprint density at radius 3 is 2.58 bits per heavy atom. The molecule has 4 rings (SSSR count). The number of ether oxygens (including phenoxy) is 4. The number of hydrogen-bond donors (Lipinski definition) is 0. The van der Waals surface area contributed by atoms with Gasteiger partial charge in [-0.25, -0.2) is 0 Å². The number of likely N-dealkylation sites (tertiary alicyclic amines) is 1. The van der Waals surface area contributed by atoms with Crippen LogP contribution in [0.3, 0.4) is 0 Å². The smallest absolute Gasteiger partial charge is 0.258 e. The van der Waals surface area contributed by atoms with E-state index in [0.717, 1.165) is 11.3 Å². The minimum atomic E-state index is -0.771. The predicted octanol–water partition coefficient (Wildman–Crippen LogP) is 1.99. The van der Waals surface area contributed by atoms with Gasteiger partial charge in [0.05, 0.1) is 36.8 Å². The number of anilines is 1. The highest BCUT2D eigenvalue weighted by Gasteiger charge is 2.70. The van der Waals surface area contributed by atoms with Gasteiger partial charge in [0.1, 0.15) is 6.79 Å². The average Bonchev–Trinajstić information content (AvgIpc) is 3.37. The number of benzene rings is 1. The molecule has 0 aromatic heterocycles. The van der Waals surface area contributed by atoms with E-state index in [1.807, 2.05) is 31.3 Å². The first kappa shape index (κ1) is 24.1. The number of fused-ring (bicyclic) bond motifs is 3. The van der Waals surface area contributed by atoms with Crippen molar-refractivity contribution in [1.29, 1.82) is 5.26 Å². The molecule has 6 atom stereocenters. The lowest BCUT2D eigenvalue weighted by Gasteiger charge is -2.40. The molecule has 180 valence electrons. The fraction of sp³-hybridized carbons (Fsp3) is 0.667. The normalized spacial score (nSPS) is 33.2. The maximum atomic E-state index is 13.6. The van der Waals surface area contributed by atoms with Crippen molar-refractivity contribution in [1.82, 2.24) is 4.90 Å². The van der Waals surface area contributed by atoms with Gasteiger partial charge in [0, 0.05) is 52.2 Å². The van der Waals surface area contributed by atoms with Crippen LogP contribution >= 0.6 is 0 Å². The molecular weight excluding hydrogens is 426 g/mol. The first-order chi connectivity index (χ1) is 16.0. The first-order valence-corrected chi connectivity index (χ1v) is 11.2. The molecule has 0 spiro atoms. The number of nitriles is 1. The number of para-hydroxylation sites is 1. The van der Waals surface area contributed by atoms with Crippen LogP contribution in [0, 0.1) is 34.5 Å². The molecule has 1 aliphatic carbocycles. The summed E-state index contributed by atoms with van der Waals surface area (Å²) in [5.74, 6) is -0.901. The Morgan fingerprint density at radius 1 is 1.21 bits per heavy atom. The van der Waals surface area contributed by atoms with Crippen molar-refractivity contribution in [2.45, 2.75) is 24.7 Å². The summed E-state index contributed by atoms with van der Waals surface area (Å²) in [5, 5.41) is 12.0. The number of amides is 1. The molecule has 1 amide bonds. The molecule has 1 saturated heterocycles. The van der Waals surface area contributed by atoms with Crippen LogP contribution in [0.5, 0.6) is 0 Å². The van der Waals surface area contributed by atoms with Crippen LogP contribution in [0.25, 0.3) is 0 Å². The Labute approximate surface area is 195 Å². The van der Waals surface area contributed by atoms with Gasteiger partial charge < -0.3 is 23.8 Å². The van der Waals surface area contributed by atoms with Gasteiger partial charge in [-0.1, -0.05) is 18.2 Å². The molecule has 2 fully saturated rings. The summed E-state index contributed by atoms with van der Waals surface area (Å²) in [5.41, 5.74) is 0.876. The average molecular weight is 460 g/mol. The second-order valence-electron chi connectivity index (χ2n) is 9.12. The van der Waals surface area contributed by atoms with E-state index in [4.69, 9.17) is 23.8 Å². The van der Waals surface area contributed by atoms with Crippen molar-refractivity contribution >= 4 is 11.6 Å². The van der Waals surface area contributed by atoms with Crippen molar-refractivity contribution < 1.29 is 28.6 Å². The Bertz CT molecular complexity index is 902. The second kappa shape index (κ2) is 9.66.